The first-order valence-corrected chi connectivity index (χ1v) is 4.83. The molecule has 4 heteroatoms. The highest BCUT2D eigenvalue weighted by Crippen LogP contribution is 2.10. The molecule has 0 aliphatic carbocycles. The number of hydrogen-bond donors (Lipinski definition) is 2. The first-order chi connectivity index (χ1) is 6.09. The average molecular weight is 186 g/mol. The molecule has 13 heavy (non-hydrogen) atoms. The summed E-state index contributed by atoms with van der Waals surface area (Å²) in [5, 5.41) is 12.1. The van der Waals surface area contributed by atoms with Gasteiger partial charge in [0, 0.05) is 25.2 Å². The summed E-state index contributed by atoms with van der Waals surface area (Å²) in [6.45, 7) is 5.48. The molecule has 0 bridgehead atoms. The third kappa shape index (κ3) is 3.22. The van der Waals surface area contributed by atoms with Crippen LogP contribution < -0.4 is 5.32 Å². The highest BCUT2D eigenvalue weighted by molar-refractivity contribution is 5.65. The van der Waals surface area contributed by atoms with Crippen molar-refractivity contribution in [1.29, 1.82) is 0 Å². The van der Waals surface area contributed by atoms with Crippen molar-refractivity contribution in [2.45, 2.75) is 38.8 Å². The van der Waals surface area contributed by atoms with Crippen LogP contribution in [-0.2, 0) is 0 Å². The number of piperidine rings is 1. The summed E-state index contributed by atoms with van der Waals surface area (Å²) in [7, 11) is 0. The Morgan fingerprint density at radius 2 is 2.31 bits per heavy atom. The van der Waals surface area contributed by atoms with Crippen LogP contribution in [0.1, 0.15) is 26.7 Å². The summed E-state index contributed by atoms with van der Waals surface area (Å²) < 4.78 is 0. The molecule has 0 saturated carbocycles. The second-order valence-corrected chi connectivity index (χ2v) is 3.89. The van der Waals surface area contributed by atoms with E-state index in [4.69, 9.17) is 5.11 Å². The topological polar surface area (TPSA) is 52.6 Å². The van der Waals surface area contributed by atoms with Crippen LogP contribution in [0.15, 0.2) is 0 Å². The quantitative estimate of drug-likeness (QED) is 0.679. The molecule has 0 spiro atoms. The van der Waals surface area contributed by atoms with Crippen molar-refractivity contribution in [1.82, 2.24) is 10.2 Å². The SMILES string of the molecule is CC(C)N[C@@H]1CCCN(C(=O)O)C1. The van der Waals surface area contributed by atoms with Crippen molar-refractivity contribution in [2.24, 2.45) is 0 Å². The maximum atomic E-state index is 10.7. The summed E-state index contributed by atoms with van der Waals surface area (Å²) in [5.74, 6) is 0. The van der Waals surface area contributed by atoms with E-state index in [1.54, 1.807) is 0 Å². The molecule has 1 aliphatic heterocycles. The molecule has 1 heterocycles. The first-order valence-electron chi connectivity index (χ1n) is 4.83. The van der Waals surface area contributed by atoms with Crippen LogP contribution in [0.2, 0.25) is 0 Å². The Bertz CT molecular complexity index is 182. The summed E-state index contributed by atoms with van der Waals surface area (Å²) in [4.78, 5) is 12.2. The first kappa shape index (κ1) is 10.3. The third-order valence-corrected chi connectivity index (χ3v) is 2.26. The molecule has 2 N–H and O–H groups in total. The number of carbonyl (C=O) groups is 1. The Morgan fingerprint density at radius 1 is 1.62 bits per heavy atom. The van der Waals surface area contributed by atoms with Gasteiger partial charge in [-0.15, -0.1) is 0 Å². The Labute approximate surface area is 78.9 Å². The molecular formula is C9H18N2O2. The molecule has 76 valence electrons. The lowest BCUT2D eigenvalue weighted by Crippen LogP contribution is -2.49. The van der Waals surface area contributed by atoms with E-state index >= 15 is 0 Å². The number of nitrogens with zero attached hydrogens (tertiary/aromatic N) is 1. The van der Waals surface area contributed by atoms with Gasteiger partial charge < -0.3 is 15.3 Å². The maximum absolute atomic E-state index is 10.7. The van der Waals surface area contributed by atoms with Gasteiger partial charge in [-0.2, -0.15) is 0 Å². The van der Waals surface area contributed by atoms with Crippen LogP contribution >= 0.6 is 0 Å². The van der Waals surface area contributed by atoms with E-state index in [1.165, 1.54) is 4.90 Å². The normalized spacial score (nSPS) is 23.6. The van der Waals surface area contributed by atoms with Crippen LogP contribution in [0.4, 0.5) is 4.79 Å². The van der Waals surface area contributed by atoms with Crippen LogP contribution in [0, 0.1) is 0 Å². The zero-order valence-corrected chi connectivity index (χ0v) is 8.29. The number of likely N-dealkylation sites (tertiary alicyclic amines) is 1. The minimum atomic E-state index is -0.796. The standard InChI is InChI=1S/C9H18N2O2/c1-7(2)10-8-4-3-5-11(6-8)9(12)13/h7-8,10H,3-6H2,1-2H3,(H,12,13)/t8-/m1/s1. The molecule has 1 saturated heterocycles. The zero-order valence-electron chi connectivity index (χ0n) is 8.29. The van der Waals surface area contributed by atoms with Crippen molar-refractivity contribution in [3.63, 3.8) is 0 Å². The highest BCUT2D eigenvalue weighted by atomic mass is 16.4. The van der Waals surface area contributed by atoms with Gasteiger partial charge >= 0.3 is 6.09 Å². The lowest BCUT2D eigenvalue weighted by Gasteiger charge is -2.32. The minimum Gasteiger partial charge on any atom is -0.465 e. The van der Waals surface area contributed by atoms with Gasteiger partial charge in [-0.1, -0.05) is 13.8 Å². The highest BCUT2D eigenvalue weighted by Gasteiger charge is 2.22. The fourth-order valence-electron chi connectivity index (χ4n) is 1.76. The number of amides is 1. The Balaban J connectivity index is 2.37. The summed E-state index contributed by atoms with van der Waals surface area (Å²) in [6.07, 6.45) is 1.26. The van der Waals surface area contributed by atoms with E-state index in [0.29, 0.717) is 25.2 Å². The summed E-state index contributed by atoms with van der Waals surface area (Å²) >= 11 is 0. The number of carboxylic acid groups (broad SMARTS) is 1. The number of rotatable bonds is 2. The molecule has 1 rings (SSSR count). The minimum absolute atomic E-state index is 0.338. The van der Waals surface area contributed by atoms with E-state index in [2.05, 4.69) is 19.2 Å². The lowest BCUT2D eigenvalue weighted by atomic mass is 10.1. The third-order valence-electron chi connectivity index (χ3n) is 2.26. The summed E-state index contributed by atoms with van der Waals surface area (Å²) in [6, 6.07) is 0.767. The molecule has 0 aromatic rings. The van der Waals surface area contributed by atoms with Gasteiger partial charge in [0.05, 0.1) is 0 Å². The largest absolute Gasteiger partial charge is 0.465 e. The van der Waals surface area contributed by atoms with Crippen LogP contribution in [0.3, 0.4) is 0 Å². The number of hydrogen-bond acceptors (Lipinski definition) is 2. The fourth-order valence-corrected chi connectivity index (χ4v) is 1.76. The van der Waals surface area contributed by atoms with Crippen molar-refractivity contribution in [2.75, 3.05) is 13.1 Å². The van der Waals surface area contributed by atoms with E-state index in [9.17, 15) is 4.79 Å². The van der Waals surface area contributed by atoms with E-state index in [1.807, 2.05) is 0 Å². The molecule has 0 radical (unpaired) electrons. The lowest BCUT2D eigenvalue weighted by molar-refractivity contribution is 0.125. The van der Waals surface area contributed by atoms with Crippen molar-refractivity contribution in [3.8, 4) is 0 Å². The van der Waals surface area contributed by atoms with Crippen LogP contribution in [0.5, 0.6) is 0 Å². The monoisotopic (exact) mass is 186 g/mol. The predicted octanol–water partition coefficient (Wildman–Crippen LogP) is 1.13. The van der Waals surface area contributed by atoms with Gasteiger partial charge in [0.2, 0.25) is 0 Å². The van der Waals surface area contributed by atoms with Crippen LogP contribution in [-0.4, -0.2) is 41.3 Å². The van der Waals surface area contributed by atoms with Gasteiger partial charge in [-0.25, -0.2) is 4.79 Å². The maximum Gasteiger partial charge on any atom is 0.407 e. The second-order valence-electron chi connectivity index (χ2n) is 3.89. The average Bonchev–Trinajstić information content (AvgIpc) is 2.03. The second kappa shape index (κ2) is 4.46. The fraction of sp³-hybridized carbons (Fsp3) is 0.889. The molecule has 1 fully saturated rings. The van der Waals surface area contributed by atoms with Crippen molar-refractivity contribution in [3.05, 3.63) is 0 Å². The van der Waals surface area contributed by atoms with Gasteiger partial charge in [-0.3, -0.25) is 0 Å². The number of nitrogens with one attached hydrogen (secondary N) is 1. The molecule has 4 nitrogen and oxygen atoms in total. The molecule has 1 aliphatic rings. The van der Waals surface area contributed by atoms with Crippen molar-refractivity contribution >= 4 is 6.09 Å². The molecule has 0 aromatic heterocycles. The predicted molar refractivity (Wildman–Crippen MR) is 50.9 cm³/mol. The van der Waals surface area contributed by atoms with Crippen LogP contribution in [0.25, 0.3) is 0 Å². The summed E-state index contributed by atoms with van der Waals surface area (Å²) in [5.41, 5.74) is 0. The van der Waals surface area contributed by atoms with Gasteiger partial charge in [0.25, 0.3) is 0 Å². The zero-order chi connectivity index (χ0) is 9.84. The Morgan fingerprint density at radius 3 is 2.85 bits per heavy atom. The van der Waals surface area contributed by atoms with Gasteiger partial charge in [0.15, 0.2) is 0 Å². The molecule has 1 amide bonds. The molecule has 0 aromatic carbocycles. The molecular weight excluding hydrogens is 168 g/mol. The molecule has 1 atom stereocenters. The van der Waals surface area contributed by atoms with E-state index in [-0.39, 0.29) is 0 Å². The van der Waals surface area contributed by atoms with E-state index < -0.39 is 6.09 Å². The van der Waals surface area contributed by atoms with Gasteiger partial charge in [-0.05, 0) is 12.8 Å². The van der Waals surface area contributed by atoms with Gasteiger partial charge in [0.1, 0.15) is 0 Å². The Kier molecular flexibility index (Phi) is 3.54. The molecule has 0 unspecified atom stereocenters. The van der Waals surface area contributed by atoms with Crippen molar-refractivity contribution < 1.29 is 9.90 Å². The Hall–Kier alpha value is -0.770. The van der Waals surface area contributed by atoms with E-state index in [0.717, 1.165) is 12.8 Å². The smallest absolute Gasteiger partial charge is 0.407 e.